The zero-order valence-corrected chi connectivity index (χ0v) is 23.3. The number of nitrogens with zero attached hydrogens (tertiary/aromatic N) is 2. The number of aryl methyl sites for hydroxylation is 1. The van der Waals surface area contributed by atoms with E-state index in [0.717, 1.165) is 4.31 Å². The Morgan fingerprint density at radius 2 is 1.82 bits per heavy atom. The van der Waals surface area contributed by atoms with E-state index < -0.39 is 27.7 Å². The average Bonchev–Trinajstić information content (AvgIpc) is 2.86. The lowest BCUT2D eigenvalue weighted by molar-refractivity contribution is -0.143. The first-order chi connectivity index (χ1) is 17.8. The molecule has 0 radical (unpaired) electrons. The molecule has 0 bridgehead atoms. The van der Waals surface area contributed by atoms with Crippen LogP contribution in [-0.2, 0) is 26.0 Å². The number of halogens is 1. The van der Waals surface area contributed by atoms with Gasteiger partial charge in [-0.2, -0.15) is 0 Å². The summed E-state index contributed by atoms with van der Waals surface area (Å²) in [5.41, 5.74) is 1.09. The minimum Gasteiger partial charge on any atom is -0.466 e. The van der Waals surface area contributed by atoms with Gasteiger partial charge in [-0.05, 0) is 43.2 Å². The molecule has 0 unspecified atom stereocenters. The molecule has 0 aliphatic carbocycles. The van der Waals surface area contributed by atoms with Gasteiger partial charge in [-0.15, -0.1) is 0 Å². The first kappa shape index (κ1) is 29.2. The number of benzene rings is 2. The Kier molecular flexibility index (Phi) is 9.18. The average molecular weight is 565 g/mol. The molecule has 3 aromatic rings. The lowest BCUT2D eigenvalue weighted by atomic mass is 9.99. The van der Waals surface area contributed by atoms with Crippen LogP contribution in [0.1, 0.15) is 30.0 Å². The molecule has 204 valence electrons. The maximum absolute atomic E-state index is 13.0. The van der Waals surface area contributed by atoms with Gasteiger partial charge in [-0.1, -0.05) is 23.7 Å². The maximum atomic E-state index is 13.0. The van der Waals surface area contributed by atoms with Crippen molar-refractivity contribution < 1.29 is 31.9 Å². The van der Waals surface area contributed by atoms with Crippen LogP contribution in [0.15, 0.2) is 50.5 Å². The van der Waals surface area contributed by atoms with Crippen LogP contribution in [0.4, 0.5) is 4.79 Å². The second-order valence-electron chi connectivity index (χ2n) is 8.74. The Morgan fingerprint density at radius 1 is 1.11 bits per heavy atom. The third kappa shape index (κ3) is 6.53. The molecule has 10 nitrogen and oxygen atoms in total. The van der Waals surface area contributed by atoms with Gasteiger partial charge >= 0.3 is 17.7 Å². The molecule has 0 aliphatic rings. The maximum Gasteiger partial charge on any atom is 0.414 e. The van der Waals surface area contributed by atoms with Crippen LogP contribution < -0.4 is 10.4 Å². The molecule has 0 fully saturated rings. The quantitative estimate of drug-likeness (QED) is 0.282. The Hall–Kier alpha value is -3.41. The molecule has 0 saturated carbocycles. The molecule has 0 atom stereocenters. The first-order valence-corrected chi connectivity index (χ1v) is 13.5. The first-order valence-electron chi connectivity index (χ1n) is 11.7. The predicted octanol–water partition coefficient (Wildman–Crippen LogP) is 3.98. The van der Waals surface area contributed by atoms with Crippen molar-refractivity contribution in [1.29, 1.82) is 0 Å². The topological polar surface area (TPSA) is 123 Å². The van der Waals surface area contributed by atoms with E-state index in [1.165, 1.54) is 44.2 Å². The number of sulfonamides is 1. The van der Waals surface area contributed by atoms with Crippen LogP contribution in [-0.4, -0.2) is 64.0 Å². The fraction of sp³-hybridized carbons (Fsp3) is 0.346. The van der Waals surface area contributed by atoms with Gasteiger partial charge in [0.2, 0.25) is 10.0 Å². The highest BCUT2D eigenvalue weighted by Gasteiger charge is 2.23. The monoisotopic (exact) mass is 564 g/mol. The summed E-state index contributed by atoms with van der Waals surface area (Å²) < 4.78 is 42.8. The predicted molar refractivity (Wildman–Crippen MR) is 142 cm³/mol. The molecule has 3 rings (SSSR count). The number of rotatable bonds is 9. The summed E-state index contributed by atoms with van der Waals surface area (Å²) >= 11 is 6.32. The summed E-state index contributed by atoms with van der Waals surface area (Å²) in [4.78, 5) is 37.7. The minimum atomic E-state index is -3.88. The third-order valence-electron chi connectivity index (χ3n) is 5.83. The van der Waals surface area contributed by atoms with Gasteiger partial charge < -0.3 is 18.8 Å². The Bertz CT molecular complexity index is 1530. The van der Waals surface area contributed by atoms with E-state index in [0.29, 0.717) is 22.1 Å². The van der Waals surface area contributed by atoms with Crippen molar-refractivity contribution >= 4 is 44.7 Å². The minimum absolute atomic E-state index is 0.0274. The van der Waals surface area contributed by atoms with Crippen molar-refractivity contribution in [2.75, 3.05) is 34.3 Å². The fourth-order valence-corrected chi connectivity index (χ4v) is 5.10. The lowest BCUT2D eigenvalue weighted by Crippen LogP contribution is -2.29. The molecule has 1 amide bonds. The zero-order valence-electron chi connectivity index (χ0n) is 21.7. The van der Waals surface area contributed by atoms with Crippen molar-refractivity contribution in [3.63, 3.8) is 0 Å². The number of esters is 1. The summed E-state index contributed by atoms with van der Waals surface area (Å²) in [6, 6.07) is 9.16. The lowest BCUT2D eigenvalue weighted by Gasteiger charge is -2.17. The van der Waals surface area contributed by atoms with Crippen molar-refractivity contribution in [2.45, 2.75) is 31.6 Å². The van der Waals surface area contributed by atoms with E-state index in [1.54, 1.807) is 32.0 Å². The highest BCUT2D eigenvalue weighted by atomic mass is 35.5. The largest absolute Gasteiger partial charge is 0.466 e. The van der Waals surface area contributed by atoms with E-state index in [9.17, 15) is 22.8 Å². The van der Waals surface area contributed by atoms with Crippen LogP contribution in [0.3, 0.4) is 0 Å². The van der Waals surface area contributed by atoms with E-state index in [-0.39, 0.29) is 47.2 Å². The van der Waals surface area contributed by atoms with Crippen LogP contribution in [0.2, 0.25) is 5.02 Å². The molecule has 0 spiro atoms. The van der Waals surface area contributed by atoms with Crippen molar-refractivity contribution in [3.05, 3.63) is 68.5 Å². The van der Waals surface area contributed by atoms with Crippen LogP contribution in [0, 0.1) is 6.92 Å². The summed E-state index contributed by atoms with van der Waals surface area (Å²) in [7, 11) is 0.549. The van der Waals surface area contributed by atoms with Crippen molar-refractivity contribution in [1.82, 2.24) is 9.21 Å². The molecule has 0 saturated heterocycles. The van der Waals surface area contributed by atoms with E-state index in [1.807, 2.05) is 0 Å². The Morgan fingerprint density at radius 3 is 2.47 bits per heavy atom. The van der Waals surface area contributed by atoms with Gasteiger partial charge in [-0.25, -0.2) is 22.3 Å². The van der Waals surface area contributed by atoms with E-state index >= 15 is 0 Å². The molecule has 1 aromatic heterocycles. The smallest absolute Gasteiger partial charge is 0.414 e. The van der Waals surface area contributed by atoms with Crippen molar-refractivity contribution in [2.24, 2.45) is 0 Å². The second kappa shape index (κ2) is 12.0. The summed E-state index contributed by atoms with van der Waals surface area (Å²) in [5, 5.41) is 0.714. The molecule has 1 heterocycles. The molecule has 0 N–H and O–H groups in total. The van der Waals surface area contributed by atoms with Gasteiger partial charge in [0.05, 0.1) is 22.9 Å². The summed E-state index contributed by atoms with van der Waals surface area (Å²) in [6.07, 6.45) is -0.600. The standard InChI is InChI=1S/C26H29ClN2O8S/c1-6-35-24(30)10-11-29(5)38(33,34)18-9-7-8-17(12-18)13-20-16(2)19-14-21(27)23(37-26(32)28(3)4)15-22(19)36-25(20)31/h7-9,12,14-15H,6,10-11,13H2,1-5H3. The number of fused-ring (bicyclic) bond motifs is 1. The normalized spacial score (nSPS) is 11.6. The molecular formula is C26H29ClN2O8S. The van der Waals surface area contributed by atoms with Crippen LogP contribution >= 0.6 is 11.6 Å². The molecule has 0 aliphatic heterocycles. The summed E-state index contributed by atoms with van der Waals surface area (Å²) in [5.74, 6) is -0.428. The number of amides is 1. The number of ether oxygens (including phenoxy) is 2. The SMILES string of the molecule is CCOC(=O)CCN(C)S(=O)(=O)c1cccc(Cc2c(C)c3cc(Cl)c(OC(=O)N(C)C)cc3oc2=O)c1. The molecule has 38 heavy (non-hydrogen) atoms. The van der Waals surface area contributed by atoms with Crippen LogP contribution in [0.25, 0.3) is 11.0 Å². The van der Waals surface area contributed by atoms with Gasteiger partial charge in [0.15, 0.2) is 5.75 Å². The van der Waals surface area contributed by atoms with Crippen molar-refractivity contribution in [3.8, 4) is 5.75 Å². The number of carbonyl (C=O) groups excluding carboxylic acids is 2. The second-order valence-corrected chi connectivity index (χ2v) is 11.2. The van der Waals surface area contributed by atoms with Gasteiger partial charge in [-0.3, -0.25) is 4.79 Å². The highest BCUT2D eigenvalue weighted by molar-refractivity contribution is 7.89. The van der Waals surface area contributed by atoms with Gasteiger partial charge in [0, 0.05) is 51.1 Å². The third-order valence-corrected chi connectivity index (χ3v) is 7.97. The zero-order chi connectivity index (χ0) is 28.2. The van der Waals surface area contributed by atoms with E-state index in [2.05, 4.69) is 0 Å². The number of hydrogen-bond donors (Lipinski definition) is 0. The van der Waals surface area contributed by atoms with Gasteiger partial charge in [0.25, 0.3) is 0 Å². The summed E-state index contributed by atoms with van der Waals surface area (Å²) in [6.45, 7) is 3.60. The Labute approximate surface area is 225 Å². The van der Waals surface area contributed by atoms with Gasteiger partial charge in [0.1, 0.15) is 5.58 Å². The van der Waals surface area contributed by atoms with E-state index in [4.69, 9.17) is 25.5 Å². The molecular weight excluding hydrogens is 536 g/mol. The number of carbonyl (C=O) groups is 2. The number of hydrogen-bond acceptors (Lipinski definition) is 8. The molecule has 2 aromatic carbocycles. The highest BCUT2D eigenvalue weighted by Crippen LogP contribution is 2.32. The Balaban J connectivity index is 1.90. The fourth-order valence-electron chi connectivity index (χ4n) is 3.66. The van der Waals surface area contributed by atoms with Crippen LogP contribution in [0.5, 0.6) is 5.75 Å². The molecule has 12 heteroatoms.